The predicted molar refractivity (Wildman–Crippen MR) is 81.2 cm³/mol. The van der Waals surface area contributed by atoms with Crippen molar-refractivity contribution in [3.63, 3.8) is 0 Å². The van der Waals surface area contributed by atoms with E-state index in [1.54, 1.807) is 11.7 Å². The van der Waals surface area contributed by atoms with Gasteiger partial charge in [-0.05, 0) is 61.7 Å². The first kappa shape index (κ1) is 13.6. The summed E-state index contributed by atoms with van der Waals surface area (Å²) in [6.07, 6.45) is 9.73. The number of aryl methyl sites for hydroxylation is 1. The van der Waals surface area contributed by atoms with Gasteiger partial charge in [-0.2, -0.15) is 5.10 Å². The van der Waals surface area contributed by atoms with Crippen molar-refractivity contribution in [1.29, 1.82) is 0 Å². The summed E-state index contributed by atoms with van der Waals surface area (Å²) < 4.78 is 1.55. The fourth-order valence-electron chi connectivity index (χ4n) is 5.52. The lowest BCUT2D eigenvalue weighted by molar-refractivity contribution is -0.0503. The van der Waals surface area contributed by atoms with Crippen molar-refractivity contribution in [2.24, 2.45) is 30.2 Å². The van der Waals surface area contributed by atoms with E-state index in [0.717, 1.165) is 24.3 Å². The zero-order chi connectivity index (χ0) is 14.6. The molecule has 5 heteroatoms. The van der Waals surface area contributed by atoms with E-state index in [-0.39, 0.29) is 5.91 Å². The van der Waals surface area contributed by atoms with Gasteiger partial charge in [-0.25, -0.2) is 0 Å². The van der Waals surface area contributed by atoms with E-state index in [0.29, 0.717) is 16.1 Å². The molecule has 1 heterocycles. The van der Waals surface area contributed by atoms with E-state index in [1.165, 1.54) is 44.7 Å². The quantitative estimate of drug-likeness (QED) is 0.933. The van der Waals surface area contributed by atoms with Crippen molar-refractivity contribution in [3.8, 4) is 0 Å². The Morgan fingerprint density at radius 3 is 2.38 bits per heavy atom. The second kappa shape index (κ2) is 4.73. The molecule has 1 aromatic heterocycles. The molecule has 1 amide bonds. The zero-order valence-corrected chi connectivity index (χ0v) is 13.2. The van der Waals surface area contributed by atoms with E-state index in [9.17, 15) is 4.79 Å². The molecule has 0 atom stereocenters. The molecular formula is C16H22ClN3O. The number of halogens is 1. The van der Waals surface area contributed by atoms with Gasteiger partial charge in [0.1, 0.15) is 5.69 Å². The van der Waals surface area contributed by atoms with Crippen molar-refractivity contribution in [2.75, 3.05) is 6.54 Å². The summed E-state index contributed by atoms with van der Waals surface area (Å²) >= 11 is 6.05. The van der Waals surface area contributed by atoms with Crippen LogP contribution in [0.2, 0.25) is 5.02 Å². The molecule has 1 aromatic rings. The minimum absolute atomic E-state index is 0.0873. The Morgan fingerprint density at radius 1 is 1.33 bits per heavy atom. The molecule has 0 aromatic carbocycles. The van der Waals surface area contributed by atoms with Crippen LogP contribution in [0.4, 0.5) is 0 Å². The molecule has 1 N–H and O–H groups in total. The lowest BCUT2D eigenvalue weighted by Gasteiger charge is -2.56. The van der Waals surface area contributed by atoms with Gasteiger partial charge < -0.3 is 5.32 Å². The van der Waals surface area contributed by atoms with Gasteiger partial charge in [0.25, 0.3) is 5.91 Å². The summed E-state index contributed by atoms with van der Waals surface area (Å²) in [5, 5.41) is 7.61. The number of hydrogen-bond donors (Lipinski definition) is 1. The lowest BCUT2D eigenvalue weighted by atomic mass is 9.49. The van der Waals surface area contributed by atoms with E-state index >= 15 is 0 Å². The van der Waals surface area contributed by atoms with Crippen LogP contribution in [0.25, 0.3) is 0 Å². The van der Waals surface area contributed by atoms with E-state index in [2.05, 4.69) is 10.4 Å². The second-order valence-electron chi connectivity index (χ2n) is 7.56. The van der Waals surface area contributed by atoms with Crippen molar-refractivity contribution >= 4 is 17.5 Å². The number of carbonyl (C=O) groups excluding carboxylic acids is 1. The van der Waals surface area contributed by atoms with Crippen molar-refractivity contribution in [2.45, 2.75) is 38.5 Å². The summed E-state index contributed by atoms with van der Waals surface area (Å²) in [6, 6.07) is 0. The average Bonchev–Trinajstić information content (AvgIpc) is 2.74. The third kappa shape index (κ3) is 2.28. The highest BCUT2D eigenvalue weighted by atomic mass is 35.5. The third-order valence-electron chi connectivity index (χ3n) is 5.90. The van der Waals surface area contributed by atoms with Crippen LogP contribution < -0.4 is 5.32 Å². The highest BCUT2D eigenvalue weighted by Gasteiger charge is 2.50. The topological polar surface area (TPSA) is 46.9 Å². The van der Waals surface area contributed by atoms with Crippen LogP contribution in [-0.4, -0.2) is 22.2 Å². The molecule has 5 rings (SSSR count). The Morgan fingerprint density at radius 2 is 1.90 bits per heavy atom. The van der Waals surface area contributed by atoms with E-state index < -0.39 is 0 Å². The number of aromatic nitrogens is 2. The molecule has 0 spiro atoms. The minimum atomic E-state index is -0.0873. The zero-order valence-electron chi connectivity index (χ0n) is 12.4. The van der Waals surface area contributed by atoms with Crippen LogP contribution in [-0.2, 0) is 7.05 Å². The van der Waals surface area contributed by atoms with Gasteiger partial charge in [-0.15, -0.1) is 0 Å². The van der Waals surface area contributed by atoms with Crippen LogP contribution in [0, 0.1) is 23.2 Å². The Balaban J connectivity index is 1.46. The normalized spacial score (nSPS) is 37.0. The van der Waals surface area contributed by atoms with Gasteiger partial charge >= 0.3 is 0 Å². The first-order chi connectivity index (χ1) is 10.0. The Hall–Kier alpha value is -1.03. The Labute approximate surface area is 130 Å². The van der Waals surface area contributed by atoms with Crippen LogP contribution in [0.15, 0.2) is 6.20 Å². The summed E-state index contributed by atoms with van der Waals surface area (Å²) in [5.41, 5.74) is 0.830. The van der Waals surface area contributed by atoms with Gasteiger partial charge in [0.05, 0.1) is 11.2 Å². The highest BCUT2D eigenvalue weighted by Crippen LogP contribution is 2.59. The molecule has 4 saturated carbocycles. The van der Waals surface area contributed by atoms with Gasteiger partial charge in [-0.3, -0.25) is 9.48 Å². The molecule has 0 aliphatic heterocycles. The molecule has 0 radical (unpaired) electrons. The molecule has 4 nitrogen and oxygen atoms in total. The molecule has 21 heavy (non-hydrogen) atoms. The number of hydrogen-bond acceptors (Lipinski definition) is 2. The van der Waals surface area contributed by atoms with Gasteiger partial charge in [-0.1, -0.05) is 11.6 Å². The minimum Gasteiger partial charge on any atom is -0.350 e. The molecule has 4 aliphatic rings. The van der Waals surface area contributed by atoms with Gasteiger partial charge in [0.2, 0.25) is 0 Å². The monoisotopic (exact) mass is 307 g/mol. The first-order valence-corrected chi connectivity index (χ1v) is 8.38. The number of nitrogens with one attached hydrogen (secondary N) is 1. The predicted octanol–water partition coefficient (Wildman–Crippen LogP) is 3.02. The summed E-state index contributed by atoms with van der Waals surface area (Å²) in [6.45, 7) is 0.802. The maximum Gasteiger partial charge on any atom is 0.271 e. The number of nitrogens with zero attached hydrogens (tertiary/aromatic N) is 2. The fraction of sp³-hybridized carbons (Fsp3) is 0.750. The van der Waals surface area contributed by atoms with Crippen molar-refractivity contribution < 1.29 is 4.79 Å². The summed E-state index contributed by atoms with van der Waals surface area (Å²) in [5.74, 6) is 2.64. The third-order valence-corrected chi connectivity index (χ3v) is 6.17. The van der Waals surface area contributed by atoms with Crippen molar-refractivity contribution in [1.82, 2.24) is 15.1 Å². The SMILES string of the molecule is Cn1ncc(Cl)c1C(=O)NCC12CC3CC(CC(C3)C1)C2. The molecule has 114 valence electrons. The van der Waals surface area contributed by atoms with Crippen LogP contribution >= 0.6 is 11.6 Å². The highest BCUT2D eigenvalue weighted by molar-refractivity contribution is 6.33. The average molecular weight is 308 g/mol. The maximum atomic E-state index is 12.4. The number of rotatable bonds is 3. The summed E-state index contributed by atoms with van der Waals surface area (Å²) in [7, 11) is 1.76. The summed E-state index contributed by atoms with van der Waals surface area (Å²) in [4.78, 5) is 12.4. The lowest BCUT2D eigenvalue weighted by Crippen LogP contribution is -2.51. The Bertz CT molecular complexity index is 525. The van der Waals surface area contributed by atoms with Crippen LogP contribution in [0.1, 0.15) is 49.0 Å². The smallest absolute Gasteiger partial charge is 0.271 e. The van der Waals surface area contributed by atoms with Gasteiger partial charge in [0, 0.05) is 13.6 Å². The van der Waals surface area contributed by atoms with Crippen LogP contribution in [0.5, 0.6) is 0 Å². The molecule has 4 bridgehead atoms. The molecule has 4 aliphatic carbocycles. The van der Waals surface area contributed by atoms with Crippen LogP contribution in [0.3, 0.4) is 0 Å². The standard InChI is InChI=1S/C16H22ClN3O/c1-20-14(13(17)8-19-20)15(21)18-9-16-5-10-2-11(6-16)4-12(3-10)7-16/h8,10-12H,2-7,9H2,1H3,(H,18,21). The molecule has 0 saturated heterocycles. The van der Waals surface area contributed by atoms with Gasteiger partial charge in [0.15, 0.2) is 0 Å². The maximum absolute atomic E-state index is 12.4. The molecule has 0 unspecified atom stereocenters. The number of amides is 1. The first-order valence-electron chi connectivity index (χ1n) is 8.00. The molecule has 4 fully saturated rings. The number of carbonyl (C=O) groups is 1. The molecular weight excluding hydrogens is 286 g/mol. The Kier molecular flexibility index (Phi) is 3.07. The van der Waals surface area contributed by atoms with E-state index in [4.69, 9.17) is 11.6 Å². The largest absolute Gasteiger partial charge is 0.350 e. The second-order valence-corrected chi connectivity index (χ2v) is 7.97. The fourth-order valence-corrected chi connectivity index (χ4v) is 5.78. The van der Waals surface area contributed by atoms with E-state index in [1.807, 2.05) is 0 Å². The van der Waals surface area contributed by atoms with Crippen molar-refractivity contribution in [3.05, 3.63) is 16.9 Å².